The molecule has 0 fully saturated rings. The Labute approximate surface area is 71.6 Å². The molecule has 12 heavy (non-hydrogen) atoms. The third kappa shape index (κ3) is 2.14. The van der Waals surface area contributed by atoms with Gasteiger partial charge in [0.2, 0.25) is 0 Å². The predicted octanol–water partition coefficient (Wildman–Crippen LogP) is 2.09. The third-order valence-electron chi connectivity index (χ3n) is 1.42. The second-order valence-electron chi connectivity index (χ2n) is 2.34. The van der Waals surface area contributed by atoms with Crippen LogP contribution < -0.4 is 0 Å². The van der Waals surface area contributed by atoms with Crippen molar-refractivity contribution in [3.8, 4) is 0 Å². The number of hydrogen-bond acceptors (Lipinski definition) is 3. The Kier molecular flexibility index (Phi) is 2.94. The van der Waals surface area contributed by atoms with Crippen LogP contribution in [0.4, 0.5) is 0 Å². The van der Waals surface area contributed by atoms with Crippen molar-refractivity contribution in [3.63, 3.8) is 0 Å². The maximum Gasteiger partial charge on any atom is 0.545 e. The molecule has 0 amide bonds. The minimum Gasteiger partial charge on any atom is -0.241 e. The van der Waals surface area contributed by atoms with Crippen molar-refractivity contribution >= 4 is 14.7 Å². The van der Waals surface area contributed by atoms with Gasteiger partial charge in [0, 0.05) is 0 Å². The molecule has 1 unspecified atom stereocenters. The highest BCUT2D eigenvalue weighted by Gasteiger charge is 2.09. The largest absolute Gasteiger partial charge is 0.545 e. The van der Waals surface area contributed by atoms with Crippen LogP contribution in [-0.2, 0) is 9.09 Å². The Hall–Kier alpha value is -1.21. The molecule has 0 radical (unpaired) electrons. The zero-order valence-electron chi connectivity index (χ0n) is 6.53. The summed E-state index contributed by atoms with van der Waals surface area (Å²) < 4.78 is 14.3. The van der Waals surface area contributed by atoms with Crippen molar-refractivity contribution in [1.29, 1.82) is 0 Å². The Morgan fingerprint density at radius 2 is 1.92 bits per heavy atom. The minimum atomic E-state index is -1.04. The summed E-state index contributed by atoms with van der Waals surface area (Å²) in [4.78, 5) is 10.9. The fourth-order valence-electron chi connectivity index (χ4n) is 0.786. The van der Waals surface area contributed by atoms with Gasteiger partial charge in [-0.05, 0) is 23.6 Å². The van der Waals surface area contributed by atoms with Gasteiger partial charge in [-0.3, -0.25) is 0 Å². The van der Waals surface area contributed by atoms with Crippen LogP contribution in [0.3, 0.4) is 0 Å². The van der Waals surface area contributed by atoms with Crippen molar-refractivity contribution in [2.75, 3.05) is 0 Å². The van der Waals surface area contributed by atoms with Crippen molar-refractivity contribution in [1.82, 2.24) is 0 Å². The summed E-state index contributed by atoms with van der Waals surface area (Å²) in [5.74, 6) is -0.552. The van der Waals surface area contributed by atoms with Crippen LogP contribution in [-0.4, -0.2) is 5.97 Å². The highest BCUT2D eigenvalue weighted by Crippen LogP contribution is 2.07. The van der Waals surface area contributed by atoms with Gasteiger partial charge in [-0.1, -0.05) is 17.7 Å². The monoisotopic (exact) mass is 183 g/mol. The van der Waals surface area contributed by atoms with Crippen molar-refractivity contribution in [2.45, 2.75) is 6.92 Å². The molecule has 1 aromatic carbocycles. The molecular weight excluding hydrogens is 175 g/mol. The molecule has 1 atom stereocenters. The predicted molar refractivity (Wildman–Crippen MR) is 45.6 cm³/mol. The molecule has 0 spiro atoms. The van der Waals surface area contributed by atoms with E-state index in [0.29, 0.717) is 5.56 Å². The molecule has 0 saturated heterocycles. The summed E-state index contributed by atoms with van der Waals surface area (Å²) in [5.41, 5.74) is 1.49. The lowest BCUT2D eigenvalue weighted by Crippen LogP contribution is -1.97. The first-order chi connectivity index (χ1) is 5.74. The molecule has 0 saturated carbocycles. The smallest absolute Gasteiger partial charge is 0.241 e. The Morgan fingerprint density at radius 1 is 1.33 bits per heavy atom. The molecule has 1 aromatic rings. The van der Waals surface area contributed by atoms with Crippen molar-refractivity contribution in [3.05, 3.63) is 35.4 Å². The van der Waals surface area contributed by atoms with Gasteiger partial charge >= 0.3 is 14.7 Å². The van der Waals surface area contributed by atoms with Crippen LogP contribution in [0.2, 0.25) is 0 Å². The number of carbonyl (C=O) groups excluding carboxylic acids is 1. The van der Waals surface area contributed by atoms with Gasteiger partial charge in [0.05, 0.1) is 5.56 Å². The molecular formula is C8H8O3P+. The van der Waals surface area contributed by atoms with E-state index < -0.39 is 14.7 Å². The molecule has 0 N–H and O–H groups in total. The molecule has 3 nitrogen and oxygen atoms in total. The summed E-state index contributed by atoms with van der Waals surface area (Å²) >= 11 is 0. The molecule has 62 valence electrons. The van der Waals surface area contributed by atoms with E-state index in [1.807, 2.05) is 6.92 Å². The van der Waals surface area contributed by atoms with Crippen LogP contribution in [0.5, 0.6) is 0 Å². The van der Waals surface area contributed by atoms with E-state index in [9.17, 15) is 9.36 Å². The van der Waals surface area contributed by atoms with Crippen LogP contribution >= 0.6 is 8.69 Å². The standard InChI is InChI=1S/C8H8O3P/c1-6-2-4-7(5-3-6)8(9)11-12-10/h2-5,12H,1H3/q+1. The fraction of sp³-hybridized carbons (Fsp3) is 0.125. The molecule has 0 aliphatic carbocycles. The van der Waals surface area contributed by atoms with Gasteiger partial charge in [-0.25, -0.2) is 9.32 Å². The summed E-state index contributed by atoms with van der Waals surface area (Å²) in [6, 6.07) is 6.87. The summed E-state index contributed by atoms with van der Waals surface area (Å²) in [6.45, 7) is 1.92. The van der Waals surface area contributed by atoms with Gasteiger partial charge < -0.3 is 0 Å². The van der Waals surface area contributed by atoms with Crippen molar-refractivity contribution in [2.24, 2.45) is 0 Å². The first-order valence-corrected chi connectivity index (χ1v) is 4.20. The number of carbonyl (C=O) groups is 1. The normalized spacial score (nSPS) is 9.75. The van der Waals surface area contributed by atoms with Crippen LogP contribution in [0, 0.1) is 6.92 Å². The Balaban J connectivity index is 2.82. The number of rotatable bonds is 2. The van der Waals surface area contributed by atoms with Gasteiger partial charge in [0.25, 0.3) is 0 Å². The fourth-order valence-corrected chi connectivity index (χ4v) is 0.980. The molecule has 0 heterocycles. The third-order valence-corrected chi connectivity index (χ3v) is 1.69. The second kappa shape index (κ2) is 3.98. The number of aryl methyl sites for hydroxylation is 1. The molecule has 0 aliphatic rings. The lowest BCUT2D eigenvalue weighted by atomic mass is 10.2. The van der Waals surface area contributed by atoms with E-state index in [-0.39, 0.29) is 0 Å². The summed E-state index contributed by atoms with van der Waals surface area (Å²) in [7, 11) is -1.04. The highest BCUT2D eigenvalue weighted by molar-refractivity contribution is 7.18. The summed E-state index contributed by atoms with van der Waals surface area (Å²) in [5, 5.41) is 0. The molecule has 1 rings (SSSR count). The molecule has 0 aliphatic heterocycles. The molecule has 4 heteroatoms. The average Bonchev–Trinajstić information content (AvgIpc) is 2.06. The second-order valence-corrected chi connectivity index (χ2v) is 2.71. The maximum atomic E-state index is 10.9. The quantitative estimate of drug-likeness (QED) is 0.659. The minimum absolute atomic E-state index is 0.420. The van der Waals surface area contributed by atoms with Gasteiger partial charge in [-0.15, -0.1) is 0 Å². The van der Waals surface area contributed by atoms with E-state index in [0.717, 1.165) is 5.56 Å². The van der Waals surface area contributed by atoms with Gasteiger partial charge in [-0.2, -0.15) is 0 Å². The average molecular weight is 183 g/mol. The van der Waals surface area contributed by atoms with Crippen LogP contribution in [0.15, 0.2) is 24.3 Å². The molecule has 0 aromatic heterocycles. The maximum absolute atomic E-state index is 10.9. The lowest BCUT2D eigenvalue weighted by Gasteiger charge is -1.93. The highest BCUT2D eigenvalue weighted by atomic mass is 31.1. The van der Waals surface area contributed by atoms with E-state index in [2.05, 4.69) is 4.52 Å². The van der Waals surface area contributed by atoms with E-state index >= 15 is 0 Å². The number of benzene rings is 1. The van der Waals surface area contributed by atoms with Gasteiger partial charge in [0.1, 0.15) is 0 Å². The van der Waals surface area contributed by atoms with E-state index in [1.165, 1.54) is 0 Å². The Morgan fingerprint density at radius 3 is 2.42 bits per heavy atom. The SMILES string of the molecule is Cc1ccc(C(=O)O[PH+]=O)cc1. The number of hydrogen-bond donors (Lipinski definition) is 0. The van der Waals surface area contributed by atoms with E-state index in [1.54, 1.807) is 24.3 Å². The van der Waals surface area contributed by atoms with Crippen molar-refractivity contribution < 1.29 is 13.9 Å². The van der Waals surface area contributed by atoms with Crippen LogP contribution in [0.25, 0.3) is 0 Å². The zero-order chi connectivity index (χ0) is 8.97. The first-order valence-electron chi connectivity index (χ1n) is 3.39. The first kappa shape index (κ1) is 8.88. The Bertz CT molecular complexity index is 292. The zero-order valence-corrected chi connectivity index (χ0v) is 7.53. The van der Waals surface area contributed by atoms with Gasteiger partial charge in [0.15, 0.2) is 0 Å². The van der Waals surface area contributed by atoms with Crippen LogP contribution in [0.1, 0.15) is 15.9 Å². The van der Waals surface area contributed by atoms with E-state index in [4.69, 9.17) is 0 Å². The topological polar surface area (TPSA) is 43.4 Å². The summed E-state index contributed by atoms with van der Waals surface area (Å²) in [6.07, 6.45) is 0. The molecule has 0 bridgehead atoms. The lowest BCUT2D eigenvalue weighted by molar-refractivity contribution is 0.0756.